The third-order valence-corrected chi connectivity index (χ3v) is 6.86. The van der Waals surface area contributed by atoms with Crippen LogP contribution in [0.5, 0.6) is 5.75 Å². The largest absolute Gasteiger partial charge is 0.495 e. The van der Waals surface area contributed by atoms with Gasteiger partial charge in [-0.05, 0) is 51.3 Å². The Morgan fingerprint density at radius 2 is 1.81 bits per heavy atom. The molecule has 6 nitrogen and oxygen atoms in total. The molecular formula is C20H32N2O4S. The number of nitrogens with one attached hydrogen (secondary N) is 1. The molecule has 1 fully saturated rings. The molecule has 0 aromatic heterocycles. The zero-order valence-corrected chi connectivity index (χ0v) is 17.7. The highest BCUT2D eigenvalue weighted by atomic mass is 32.2. The first kappa shape index (κ1) is 21.7. The lowest BCUT2D eigenvalue weighted by Gasteiger charge is -2.26. The van der Waals surface area contributed by atoms with Crippen molar-refractivity contribution in [1.82, 2.24) is 9.62 Å². The normalized spacial score (nSPS) is 16.6. The molecule has 1 N–H and O–H groups in total. The zero-order chi connectivity index (χ0) is 20.1. The molecule has 0 aliphatic carbocycles. The molecule has 7 heteroatoms. The molecular weight excluding hydrogens is 364 g/mol. The predicted molar refractivity (Wildman–Crippen MR) is 107 cm³/mol. The maximum Gasteiger partial charge on any atom is 0.251 e. The van der Waals surface area contributed by atoms with Crippen molar-refractivity contribution in [1.29, 1.82) is 0 Å². The van der Waals surface area contributed by atoms with Crippen molar-refractivity contribution in [2.24, 2.45) is 0 Å². The molecule has 1 aromatic carbocycles. The third-order valence-electron chi connectivity index (χ3n) is 4.94. The highest BCUT2D eigenvalue weighted by Crippen LogP contribution is 2.29. The minimum Gasteiger partial charge on any atom is -0.495 e. The second kappa shape index (κ2) is 9.06. The van der Waals surface area contributed by atoms with Gasteiger partial charge in [0.2, 0.25) is 10.0 Å². The first-order valence-corrected chi connectivity index (χ1v) is 11.2. The second-order valence-electron chi connectivity index (χ2n) is 7.77. The summed E-state index contributed by atoms with van der Waals surface area (Å²) < 4.78 is 33.2. The Morgan fingerprint density at radius 3 is 2.37 bits per heavy atom. The van der Waals surface area contributed by atoms with Gasteiger partial charge >= 0.3 is 0 Å². The molecule has 27 heavy (non-hydrogen) atoms. The Morgan fingerprint density at radius 1 is 1.19 bits per heavy atom. The van der Waals surface area contributed by atoms with Gasteiger partial charge in [-0.1, -0.05) is 26.2 Å². The number of sulfonamides is 1. The lowest BCUT2D eigenvalue weighted by Crippen LogP contribution is -2.43. The lowest BCUT2D eigenvalue weighted by atomic mass is 9.98. The van der Waals surface area contributed by atoms with Crippen molar-refractivity contribution >= 4 is 15.9 Å². The van der Waals surface area contributed by atoms with Crippen LogP contribution in [0.1, 0.15) is 69.7 Å². The first-order valence-electron chi connectivity index (χ1n) is 9.72. The lowest BCUT2D eigenvalue weighted by molar-refractivity contribution is 0.0908. The number of hydrogen-bond acceptors (Lipinski definition) is 4. The number of benzene rings is 1. The van der Waals surface area contributed by atoms with Gasteiger partial charge in [-0.15, -0.1) is 0 Å². The van der Waals surface area contributed by atoms with Crippen molar-refractivity contribution in [2.75, 3.05) is 20.2 Å². The molecule has 1 aliphatic heterocycles. The predicted octanol–water partition coefficient (Wildman–Crippen LogP) is 3.57. The molecule has 0 unspecified atom stereocenters. The monoisotopic (exact) mass is 396 g/mol. The van der Waals surface area contributed by atoms with Gasteiger partial charge in [-0.3, -0.25) is 4.79 Å². The van der Waals surface area contributed by atoms with Gasteiger partial charge in [0.1, 0.15) is 10.6 Å². The van der Waals surface area contributed by atoms with Gasteiger partial charge in [-0.25, -0.2) is 8.42 Å². The number of rotatable bonds is 7. The summed E-state index contributed by atoms with van der Waals surface area (Å²) in [6.45, 7) is 7.00. The molecule has 1 saturated heterocycles. The van der Waals surface area contributed by atoms with Crippen LogP contribution in [-0.2, 0) is 10.0 Å². The smallest absolute Gasteiger partial charge is 0.251 e. The maximum absolute atomic E-state index is 13.2. The molecule has 1 aliphatic rings. The minimum atomic E-state index is -3.71. The van der Waals surface area contributed by atoms with Gasteiger partial charge in [0, 0.05) is 24.2 Å². The SMILES string of the molecule is CCCC(C)(C)NC(=O)c1ccc(OC)c(S(=O)(=O)N2CCCCCC2)c1. The number of nitrogens with zero attached hydrogens (tertiary/aromatic N) is 1. The summed E-state index contributed by atoms with van der Waals surface area (Å²) in [5, 5.41) is 2.99. The van der Waals surface area contributed by atoms with Crippen LogP contribution in [-0.4, -0.2) is 44.4 Å². The van der Waals surface area contributed by atoms with Crippen LogP contribution >= 0.6 is 0 Å². The standard InChI is InChI=1S/C20H32N2O4S/c1-5-12-20(2,3)21-19(23)16-10-11-17(26-4)18(15-16)27(24,25)22-13-8-6-7-9-14-22/h10-11,15H,5-9,12-14H2,1-4H3,(H,21,23). The van der Waals surface area contributed by atoms with E-state index in [1.54, 1.807) is 12.1 Å². The number of ether oxygens (including phenoxy) is 1. The Hall–Kier alpha value is -1.60. The Labute approximate surface area is 163 Å². The molecule has 2 rings (SSSR count). The van der Waals surface area contributed by atoms with Crippen molar-refractivity contribution < 1.29 is 17.9 Å². The van der Waals surface area contributed by atoms with E-state index in [0.29, 0.717) is 18.7 Å². The first-order chi connectivity index (χ1) is 12.7. The Balaban J connectivity index is 2.35. The van der Waals surface area contributed by atoms with Gasteiger partial charge in [0.15, 0.2) is 0 Å². The molecule has 0 spiro atoms. The average Bonchev–Trinajstić information content (AvgIpc) is 2.90. The van der Waals surface area contributed by atoms with Gasteiger partial charge in [0.25, 0.3) is 5.91 Å². The number of carbonyl (C=O) groups is 1. The fourth-order valence-corrected chi connectivity index (χ4v) is 5.21. The van der Waals surface area contributed by atoms with E-state index in [9.17, 15) is 13.2 Å². The number of carbonyl (C=O) groups excluding carboxylic acids is 1. The molecule has 0 saturated carbocycles. The van der Waals surface area contributed by atoms with Crippen LogP contribution in [0.25, 0.3) is 0 Å². The highest BCUT2D eigenvalue weighted by molar-refractivity contribution is 7.89. The van der Waals surface area contributed by atoms with Gasteiger partial charge in [0.05, 0.1) is 7.11 Å². The maximum atomic E-state index is 13.2. The van der Waals surface area contributed by atoms with E-state index >= 15 is 0 Å². The second-order valence-corrected chi connectivity index (χ2v) is 9.68. The quantitative estimate of drug-likeness (QED) is 0.764. The Kier molecular flexibility index (Phi) is 7.28. The van der Waals surface area contributed by atoms with E-state index in [1.807, 2.05) is 13.8 Å². The molecule has 1 amide bonds. The summed E-state index contributed by atoms with van der Waals surface area (Å²) >= 11 is 0. The van der Waals surface area contributed by atoms with Crippen molar-refractivity contribution in [3.8, 4) is 5.75 Å². The minimum absolute atomic E-state index is 0.0628. The number of methoxy groups -OCH3 is 1. The fraction of sp³-hybridized carbons (Fsp3) is 0.650. The number of amides is 1. The summed E-state index contributed by atoms with van der Waals surface area (Å²) in [7, 11) is -2.26. The van der Waals surface area contributed by atoms with Crippen LogP contribution in [0.2, 0.25) is 0 Å². The summed E-state index contributed by atoms with van der Waals surface area (Å²) in [5.74, 6) is -0.00738. The molecule has 0 atom stereocenters. The average molecular weight is 397 g/mol. The molecule has 0 radical (unpaired) electrons. The zero-order valence-electron chi connectivity index (χ0n) is 16.9. The van der Waals surface area contributed by atoms with E-state index in [2.05, 4.69) is 12.2 Å². The van der Waals surface area contributed by atoms with E-state index in [0.717, 1.165) is 38.5 Å². The molecule has 152 valence electrons. The van der Waals surface area contributed by atoms with Crippen LogP contribution in [0.4, 0.5) is 0 Å². The van der Waals surface area contributed by atoms with Crippen LogP contribution < -0.4 is 10.1 Å². The van der Waals surface area contributed by atoms with E-state index < -0.39 is 10.0 Å². The molecule has 1 heterocycles. The third kappa shape index (κ3) is 5.45. The summed E-state index contributed by atoms with van der Waals surface area (Å²) in [5.41, 5.74) is -0.0244. The summed E-state index contributed by atoms with van der Waals surface area (Å²) in [6, 6.07) is 4.61. The summed E-state index contributed by atoms with van der Waals surface area (Å²) in [6.07, 6.45) is 5.58. The van der Waals surface area contributed by atoms with E-state index in [4.69, 9.17) is 4.74 Å². The molecule has 0 bridgehead atoms. The van der Waals surface area contributed by atoms with E-state index in [1.165, 1.54) is 17.5 Å². The topological polar surface area (TPSA) is 75.7 Å². The van der Waals surface area contributed by atoms with Crippen LogP contribution in [0.15, 0.2) is 23.1 Å². The Bertz CT molecular complexity index is 751. The fourth-order valence-electron chi connectivity index (χ4n) is 3.51. The summed E-state index contributed by atoms with van der Waals surface area (Å²) in [4.78, 5) is 12.7. The molecule has 1 aromatic rings. The van der Waals surface area contributed by atoms with Gasteiger partial charge < -0.3 is 10.1 Å². The van der Waals surface area contributed by atoms with Crippen molar-refractivity contribution in [2.45, 2.75) is 69.7 Å². The van der Waals surface area contributed by atoms with Gasteiger partial charge in [-0.2, -0.15) is 4.31 Å². The van der Waals surface area contributed by atoms with Crippen LogP contribution in [0.3, 0.4) is 0 Å². The van der Waals surface area contributed by atoms with Crippen LogP contribution in [0, 0.1) is 0 Å². The highest BCUT2D eigenvalue weighted by Gasteiger charge is 2.30. The van der Waals surface area contributed by atoms with Crippen molar-refractivity contribution in [3.63, 3.8) is 0 Å². The van der Waals surface area contributed by atoms with Crippen molar-refractivity contribution in [3.05, 3.63) is 23.8 Å². The van der Waals surface area contributed by atoms with E-state index in [-0.39, 0.29) is 22.1 Å². The number of hydrogen-bond donors (Lipinski definition) is 1.